The van der Waals surface area contributed by atoms with Gasteiger partial charge >= 0.3 is 0 Å². The first kappa shape index (κ1) is 12.8. The molecule has 0 heterocycles. The summed E-state index contributed by atoms with van der Waals surface area (Å²) < 4.78 is 0. The van der Waals surface area contributed by atoms with Gasteiger partial charge in [-0.3, -0.25) is 0 Å². The van der Waals surface area contributed by atoms with Crippen LogP contribution in [-0.2, 0) is 0 Å². The van der Waals surface area contributed by atoms with Crippen LogP contribution < -0.4 is 4.90 Å². The van der Waals surface area contributed by atoms with Gasteiger partial charge in [0, 0.05) is 24.0 Å². The van der Waals surface area contributed by atoms with Gasteiger partial charge in [0.1, 0.15) is 0 Å². The number of hydrogen-bond donors (Lipinski definition) is 0. The molecule has 0 bridgehead atoms. The third kappa shape index (κ3) is 2.61. The van der Waals surface area contributed by atoms with Crippen LogP contribution in [0.5, 0.6) is 0 Å². The van der Waals surface area contributed by atoms with Crippen molar-refractivity contribution in [3.8, 4) is 6.07 Å². The largest absolute Gasteiger partial charge is 0.344 e. The summed E-state index contributed by atoms with van der Waals surface area (Å²) in [6.45, 7) is 0. The molecule has 0 saturated carbocycles. The zero-order valence-corrected chi connectivity index (χ0v) is 10.5. The highest BCUT2D eigenvalue weighted by Crippen LogP contribution is 2.31. The molecule has 0 aliphatic rings. The van der Waals surface area contributed by atoms with Gasteiger partial charge in [-0.25, -0.2) is 0 Å². The molecule has 0 aromatic heterocycles. The van der Waals surface area contributed by atoms with Gasteiger partial charge in [0.25, 0.3) is 0 Å². The number of para-hydroxylation sites is 2. The van der Waals surface area contributed by atoms with E-state index in [4.69, 9.17) is 5.26 Å². The number of nitriles is 1. The van der Waals surface area contributed by atoms with Gasteiger partial charge in [-0.1, -0.05) is 36.4 Å². The summed E-state index contributed by atoms with van der Waals surface area (Å²) in [5.41, 5.74) is 2.41. The number of anilines is 2. The van der Waals surface area contributed by atoms with Crippen LogP contribution in [-0.4, -0.2) is 7.05 Å². The molecule has 0 radical (unpaired) electrons. The first-order chi connectivity index (χ1) is 9.27. The summed E-state index contributed by atoms with van der Waals surface area (Å²) in [4.78, 5) is 12.7. The Morgan fingerprint density at radius 3 is 2.37 bits per heavy atom. The molecule has 4 heteroatoms. The molecule has 19 heavy (non-hydrogen) atoms. The molecule has 0 aliphatic heterocycles. The minimum absolute atomic E-state index is 0.617. The molecule has 94 valence electrons. The minimum atomic E-state index is -0.984. The van der Waals surface area contributed by atoms with Gasteiger partial charge in [-0.05, 0) is 23.4 Å². The number of benzene rings is 2. The van der Waals surface area contributed by atoms with Crippen molar-refractivity contribution in [3.05, 3.63) is 65.1 Å². The Morgan fingerprint density at radius 1 is 1.11 bits per heavy atom. The van der Waals surface area contributed by atoms with Crippen LogP contribution in [0.2, 0.25) is 0 Å². The third-order valence-electron chi connectivity index (χ3n) is 2.96. The Morgan fingerprint density at radius 2 is 1.74 bits per heavy atom. The quantitative estimate of drug-likeness (QED) is 0.777. The van der Waals surface area contributed by atoms with Gasteiger partial charge in [0.05, 0.1) is 6.07 Å². The van der Waals surface area contributed by atoms with E-state index >= 15 is 0 Å². The van der Waals surface area contributed by atoms with E-state index in [0.29, 0.717) is 5.56 Å². The van der Waals surface area contributed by atoms with Crippen LogP contribution >= 0.6 is 0 Å². The standard InChI is InChI=1S/C15H13N3O/c1-18(12-7-3-2-4-8-12)15-10-6-5-9-13(15)14(11-16)17-19/h2-10,14H,1H3. The summed E-state index contributed by atoms with van der Waals surface area (Å²) >= 11 is 0. The number of hydrogen-bond acceptors (Lipinski definition) is 4. The van der Waals surface area contributed by atoms with Gasteiger partial charge in [-0.15, -0.1) is 4.91 Å². The van der Waals surface area contributed by atoms with Crippen LogP contribution in [0.15, 0.2) is 59.8 Å². The molecule has 0 amide bonds. The second-order valence-electron chi connectivity index (χ2n) is 4.09. The van der Waals surface area contributed by atoms with Crippen molar-refractivity contribution < 1.29 is 0 Å². The second-order valence-corrected chi connectivity index (χ2v) is 4.09. The zero-order chi connectivity index (χ0) is 13.7. The van der Waals surface area contributed by atoms with Crippen LogP contribution in [0.1, 0.15) is 11.6 Å². The van der Waals surface area contributed by atoms with E-state index in [1.165, 1.54) is 0 Å². The minimum Gasteiger partial charge on any atom is -0.344 e. The fraction of sp³-hybridized carbons (Fsp3) is 0.133. The molecule has 0 fully saturated rings. The van der Waals surface area contributed by atoms with Gasteiger partial charge in [0.2, 0.25) is 6.04 Å². The summed E-state index contributed by atoms with van der Waals surface area (Å²) in [5, 5.41) is 11.9. The predicted molar refractivity (Wildman–Crippen MR) is 75.1 cm³/mol. The maximum atomic E-state index is 10.8. The number of rotatable bonds is 4. The Balaban J connectivity index is 2.46. The highest BCUT2D eigenvalue weighted by atomic mass is 16.3. The monoisotopic (exact) mass is 251 g/mol. The van der Waals surface area contributed by atoms with Crippen LogP contribution in [0.25, 0.3) is 0 Å². The Hall–Kier alpha value is -2.67. The fourth-order valence-corrected chi connectivity index (χ4v) is 1.96. The lowest BCUT2D eigenvalue weighted by molar-refractivity contribution is 0.910. The molecule has 1 atom stereocenters. The van der Waals surface area contributed by atoms with Crippen molar-refractivity contribution in [1.82, 2.24) is 0 Å². The summed E-state index contributed by atoms with van der Waals surface area (Å²) in [5.74, 6) is 0. The van der Waals surface area contributed by atoms with Gasteiger partial charge in [0.15, 0.2) is 0 Å². The van der Waals surface area contributed by atoms with E-state index in [2.05, 4.69) is 5.18 Å². The van der Waals surface area contributed by atoms with Crippen molar-refractivity contribution in [2.45, 2.75) is 6.04 Å². The molecule has 0 N–H and O–H groups in total. The van der Waals surface area contributed by atoms with E-state index in [1.807, 2.05) is 60.5 Å². The maximum Gasteiger partial charge on any atom is 0.205 e. The van der Waals surface area contributed by atoms with E-state index in [-0.39, 0.29) is 0 Å². The van der Waals surface area contributed by atoms with Crippen molar-refractivity contribution >= 4 is 11.4 Å². The molecule has 2 rings (SSSR count). The molecule has 2 aromatic carbocycles. The molecule has 0 saturated heterocycles. The van der Waals surface area contributed by atoms with Crippen molar-refractivity contribution in [3.63, 3.8) is 0 Å². The average Bonchev–Trinajstić information content (AvgIpc) is 2.49. The van der Waals surface area contributed by atoms with Gasteiger partial charge < -0.3 is 4.90 Å². The first-order valence-corrected chi connectivity index (χ1v) is 5.87. The van der Waals surface area contributed by atoms with E-state index < -0.39 is 6.04 Å². The smallest absolute Gasteiger partial charge is 0.205 e. The van der Waals surface area contributed by atoms with E-state index in [0.717, 1.165) is 11.4 Å². The molecule has 0 spiro atoms. The summed E-state index contributed by atoms with van der Waals surface area (Å²) in [6, 6.07) is 18.0. The Labute approximate surface area is 111 Å². The SMILES string of the molecule is CN(c1ccccc1)c1ccccc1C(C#N)N=O. The average molecular weight is 251 g/mol. The Bertz CT molecular complexity index is 604. The number of nitroso groups, excluding NO2 is 1. The molecule has 0 aliphatic carbocycles. The third-order valence-corrected chi connectivity index (χ3v) is 2.96. The van der Waals surface area contributed by atoms with Crippen molar-refractivity contribution in [2.75, 3.05) is 11.9 Å². The lowest BCUT2D eigenvalue weighted by Crippen LogP contribution is -2.12. The highest BCUT2D eigenvalue weighted by Gasteiger charge is 2.17. The van der Waals surface area contributed by atoms with Crippen molar-refractivity contribution in [2.24, 2.45) is 5.18 Å². The van der Waals surface area contributed by atoms with E-state index in [9.17, 15) is 4.91 Å². The predicted octanol–water partition coefficient (Wildman–Crippen LogP) is 3.79. The normalized spacial score (nSPS) is 11.4. The summed E-state index contributed by atoms with van der Waals surface area (Å²) in [7, 11) is 1.90. The second kappa shape index (κ2) is 5.78. The number of nitrogens with zero attached hydrogens (tertiary/aromatic N) is 3. The fourth-order valence-electron chi connectivity index (χ4n) is 1.96. The molecular formula is C15H13N3O. The maximum absolute atomic E-state index is 10.8. The van der Waals surface area contributed by atoms with Crippen LogP contribution in [0, 0.1) is 16.2 Å². The van der Waals surface area contributed by atoms with Crippen LogP contribution in [0.4, 0.5) is 11.4 Å². The summed E-state index contributed by atoms with van der Waals surface area (Å²) in [6.07, 6.45) is 0. The molecule has 2 aromatic rings. The van der Waals surface area contributed by atoms with Crippen molar-refractivity contribution in [1.29, 1.82) is 5.26 Å². The first-order valence-electron chi connectivity index (χ1n) is 5.87. The lowest BCUT2D eigenvalue weighted by Gasteiger charge is -2.22. The molecular weight excluding hydrogens is 238 g/mol. The molecule has 1 unspecified atom stereocenters. The van der Waals surface area contributed by atoms with Gasteiger partial charge in [-0.2, -0.15) is 5.26 Å². The lowest BCUT2D eigenvalue weighted by atomic mass is 10.1. The topological polar surface area (TPSA) is 56.5 Å². The molecule has 4 nitrogen and oxygen atoms in total. The van der Waals surface area contributed by atoms with Crippen LogP contribution in [0.3, 0.4) is 0 Å². The zero-order valence-electron chi connectivity index (χ0n) is 10.5. The van der Waals surface area contributed by atoms with E-state index in [1.54, 1.807) is 12.1 Å². The Kier molecular flexibility index (Phi) is 3.89. The highest BCUT2D eigenvalue weighted by molar-refractivity contribution is 5.66.